The Morgan fingerprint density at radius 1 is 1.50 bits per heavy atom. The zero-order valence-electron chi connectivity index (χ0n) is 13.7. The van der Waals surface area contributed by atoms with E-state index in [0.29, 0.717) is 24.5 Å². The molecule has 0 bridgehead atoms. The van der Waals surface area contributed by atoms with E-state index < -0.39 is 5.60 Å². The zero-order valence-corrected chi connectivity index (χ0v) is 13.7. The van der Waals surface area contributed by atoms with Gasteiger partial charge >= 0.3 is 6.03 Å². The summed E-state index contributed by atoms with van der Waals surface area (Å²) in [4.78, 5) is 16.4. The maximum atomic E-state index is 12.4. The van der Waals surface area contributed by atoms with Crippen LogP contribution in [0.2, 0.25) is 0 Å². The molecule has 1 aromatic rings. The Hall–Kier alpha value is -1.73. The molecule has 0 spiro atoms. The number of aromatic nitrogens is 2. The molecule has 2 rings (SSSR count). The van der Waals surface area contributed by atoms with Crippen molar-refractivity contribution in [2.24, 2.45) is 0 Å². The van der Waals surface area contributed by atoms with Gasteiger partial charge in [0.15, 0.2) is 0 Å². The number of hydrogen-bond acceptors (Lipinski definition) is 5. The number of carbonyl (C=O) groups excluding carboxylic acids is 1. The molecule has 2 amide bonds. The molecule has 1 aliphatic rings. The summed E-state index contributed by atoms with van der Waals surface area (Å²) in [5, 5.41) is 20.5. The van der Waals surface area contributed by atoms with Crippen molar-refractivity contribution in [3.8, 4) is 0 Å². The molecule has 2 heterocycles. The molecule has 7 nitrogen and oxygen atoms in total. The number of aliphatic hydroxyl groups is 1. The summed E-state index contributed by atoms with van der Waals surface area (Å²) in [5.41, 5.74) is 0.666. The summed E-state index contributed by atoms with van der Waals surface area (Å²) in [7, 11) is 0. The SMILES string of the molecule is Cc1nnccc1NC(=O)N1CCN(CC(C)(C)O)CC1C. The average molecular weight is 307 g/mol. The topological polar surface area (TPSA) is 81.6 Å². The highest BCUT2D eigenvalue weighted by molar-refractivity contribution is 5.90. The van der Waals surface area contributed by atoms with Crippen LogP contribution in [0, 0.1) is 6.92 Å². The first kappa shape index (κ1) is 16.6. The second-order valence-corrected chi connectivity index (χ2v) is 6.55. The summed E-state index contributed by atoms with van der Waals surface area (Å²) < 4.78 is 0. The number of nitrogens with zero attached hydrogens (tertiary/aromatic N) is 4. The Kier molecular flexibility index (Phi) is 4.97. The molecule has 0 aliphatic carbocycles. The molecule has 1 unspecified atom stereocenters. The molecule has 0 aromatic carbocycles. The summed E-state index contributed by atoms with van der Waals surface area (Å²) >= 11 is 0. The first-order valence-corrected chi connectivity index (χ1v) is 7.57. The van der Waals surface area contributed by atoms with Crippen LogP contribution in [0.3, 0.4) is 0 Å². The summed E-state index contributed by atoms with van der Waals surface area (Å²) in [6, 6.07) is 1.72. The Labute approximate surface area is 131 Å². The molecule has 1 aromatic heterocycles. The van der Waals surface area contributed by atoms with Gasteiger partial charge in [-0.15, -0.1) is 0 Å². The fourth-order valence-electron chi connectivity index (χ4n) is 2.75. The first-order valence-electron chi connectivity index (χ1n) is 7.57. The Balaban J connectivity index is 1.94. The van der Waals surface area contributed by atoms with Gasteiger partial charge < -0.3 is 15.3 Å². The van der Waals surface area contributed by atoms with Gasteiger partial charge in [-0.2, -0.15) is 10.2 Å². The third-order valence-corrected chi connectivity index (χ3v) is 3.73. The fraction of sp³-hybridized carbons (Fsp3) is 0.667. The van der Waals surface area contributed by atoms with Crippen LogP contribution in [0.4, 0.5) is 10.5 Å². The van der Waals surface area contributed by atoms with Crippen LogP contribution in [-0.2, 0) is 0 Å². The van der Waals surface area contributed by atoms with Crippen molar-refractivity contribution >= 4 is 11.7 Å². The highest BCUT2D eigenvalue weighted by Crippen LogP contribution is 2.16. The molecule has 122 valence electrons. The summed E-state index contributed by atoms with van der Waals surface area (Å²) in [6.45, 7) is 10.2. The van der Waals surface area contributed by atoms with Gasteiger partial charge in [-0.3, -0.25) is 4.90 Å². The molecule has 1 fully saturated rings. The molecular formula is C15H25N5O2. The van der Waals surface area contributed by atoms with Gasteiger partial charge in [0.1, 0.15) is 0 Å². The van der Waals surface area contributed by atoms with Crippen LogP contribution in [-0.4, -0.2) is 69.0 Å². The number of piperazine rings is 1. The second-order valence-electron chi connectivity index (χ2n) is 6.55. The van der Waals surface area contributed by atoms with E-state index in [1.807, 2.05) is 18.7 Å². The van der Waals surface area contributed by atoms with Crippen LogP contribution in [0.5, 0.6) is 0 Å². The largest absolute Gasteiger partial charge is 0.389 e. The molecule has 2 N–H and O–H groups in total. The van der Waals surface area contributed by atoms with E-state index in [9.17, 15) is 9.90 Å². The van der Waals surface area contributed by atoms with E-state index in [1.54, 1.807) is 26.1 Å². The monoisotopic (exact) mass is 307 g/mol. The smallest absolute Gasteiger partial charge is 0.322 e. The number of nitrogens with one attached hydrogen (secondary N) is 1. The first-order chi connectivity index (χ1) is 10.3. The lowest BCUT2D eigenvalue weighted by Crippen LogP contribution is -2.57. The van der Waals surface area contributed by atoms with Crippen molar-refractivity contribution in [1.29, 1.82) is 0 Å². The van der Waals surface area contributed by atoms with Crippen LogP contribution in [0.1, 0.15) is 26.5 Å². The molecule has 1 aliphatic heterocycles. The third kappa shape index (κ3) is 4.38. The van der Waals surface area contributed by atoms with Gasteiger partial charge in [-0.1, -0.05) is 0 Å². The normalized spacial score (nSPS) is 20.0. The predicted octanol–water partition coefficient (Wildman–Crippen LogP) is 1.09. The van der Waals surface area contributed by atoms with Crippen molar-refractivity contribution in [2.75, 3.05) is 31.5 Å². The minimum atomic E-state index is -0.718. The number of amides is 2. The second kappa shape index (κ2) is 6.58. The van der Waals surface area contributed by atoms with Crippen molar-refractivity contribution in [3.63, 3.8) is 0 Å². The standard InChI is InChI=1S/C15H25N5O2/c1-11-9-19(10-15(3,4)22)7-8-20(11)14(21)17-13-5-6-16-18-12(13)2/h5-6,11,22H,7-10H2,1-4H3,(H,16,17,21). The molecule has 0 radical (unpaired) electrons. The molecule has 0 saturated carbocycles. The molecule has 1 atom stereocenters. The Morgan fingerprint density at radius 2 is 2.23 bits per heavy atom. The van der Waals surface area contributed by atoms with Crippen LogP contribution >= 0.6 is 0 Å². The van der Waals surface area contributed by atoms with Crippen molar-refractivity contribution in [1.82, 2.24) is 20.0 Å². The third-order valence-electron chi connectivity index (χ3n) is 3.73. The quantitative estimate of drug-likeness (QED) is 0.874. The average Bonchev–Trinajstić information content (AvgIpc) is 2.39. The molecule has 22 heavy (non-hydrogen) atoms. The molecule has 1 saturated heterocycles. The zero-order chi connectivity index (χ0) is 16.3. The summed E-state index contributed by atoms with van der Waals surface area (Å²) in [6.07, 6.45) is 1.56. The highest BCUT2D eigenvalue weighted by atomic mass is 16.3. The van der Waals surface area contributed by atoms with E-state index in [2.05, 4.69) is 20.4 Å². The van der Waals surface area contributed by atoms with E-state index in [0.717, 1.165) is 13.1 Å². The van der Waals surface area contributed by atoms with Crippen LogP contribution < -0.4 is 5.32 Å². The predicted molar refractivity (Wildman–Crippen MR) is 84.7 cm³/mol. The Bertz CT molecular complexity index is 529. The van der Waals surface area contributed by atoms with E-state index in [1.165, 1.54) is 0 Å². The van der Waals surface area contributed by atoms with Gasteiger partial charge in [0, 0.05) is 32.2 Å². The van der Waals surface area contributed by atoms with Gasteiger partial charge in [0.25, 0.3) is 0 Å². The minimum absolute atomic E-state index is 0.0891. The lowest BCUT2D eigenvalue weighted by atomic mass is 10.1. The maximum Gasteiger partial charge on any atom is 0.322 e. The number of carbonyl (C=O) groups is 1. The van der Waals surface area contributed by atoms with Gasteiger partial charge in [0.05, 0.1) is 23.2 Å². The number of β-amino-alcohol motifs (C(OH)–C–C–N with tert-alkyl or cyclic N) is 1. The van der Waals surface area contributed by atoms with Gasteiger partial charge in [0.2, 0.25) is 0 Å². The van der Waals surface area contributed by atoms with Crippen LogP contribution in [0.25, 0.3) is 0 Å². The van der Waals surface area contributed by atoms with E-state index >= 15 is 0 Å². The van der Waals surface area contributed by atoms with Crippen LogP contribution in [0.15, 0.2) is 12.3 Å². The number of hydrogen-bond donors (Lipinski definition) is 2. The number of urea groups is 1. The van der Waals surface area contributed by atoms with Gasteiger partial charge in [-0.25, -0.2) is 4.79 Å². The number of rotatable bonds is 3. The lowest BCUT2D eigenvalue weighted by Gasteiger charge is -2.41. The minimum Gasteiger partial charge on any atom is -0.389 e. The number of aryl methyl sites for hydroxylation is 1. The highest BCUT2D eigenvalue weighted by Gasteiger charge is 2.30. The maximum absolute atomic E-state index is 12.4. The van der Waals surface area contributed by atoms with Crippen molar-refractivity contribution < 1.29 is 9.90 Å². The molecular weight excluding hydrogens is 282 g/mol. The fourth-order valence-corrected chi connectivity index (χ4v) is 2.75. The van der Waals surface area contributed by atoms with Gasteiger partial charge in [-0.05, 0) is 33.8 Å². The van der Waals surface area contributed by atoms with Crippen molar-refractivity contribution in [3.05, 3.63) is 18.0 Å². The lowest BCUT2D eigenvalue weighted by molar-refractivity contribution is 0.0130. The van der Waals surface area contributed by atoms with E-state index in [-0.39, 0.29) is 12.1 Å². The summed E-state index contributed by atoms with van der Waals surface area (Å²) in [5.74, 6) is 0. The van der Waals surface area contributed by atoms with E-state index in [4.69, 9.17) is 0 Å². The molecule has 7 heteroatoms. The van der Waals surface area contributed by atoms with Crippen molar-refractivity contribution in [2.45, 2.75) is 39.3 Å². The Morgan fingerprint density at radius 3 is 2.82 bits per heavy atom. The number of anilines is 1.